The lowest BCUT2D eigenvalue weighted by atomic mass is 9.76. The Morgan fingerprint density at radius 3 is 2.71 bits per heavy atom. The van der Waals surface area contributed by atoms with E-state index in [-0.39, 0.29) is 5.54 Å². The molecule has 3 heteroatoms. The number of halogens is 1. The average Bonchev–Trinajstić information content (AvgIpc) is 2.72. The zero-order valence-electron chi connectivity index (χ0n) is 9.80. The number of rotatable bonds is 1. The Bertz CT molecular complexity index is 538. The molecule has 0 unspecified atom stereocenters. The second-order valence-corrected chi connectivity index (χ2v) is 5.94. The van der Waals surface area contributed by atoms with Gasteiger partial charge in [0.05, 0.1) is 0 Å². The Balaban J connectivity index is 2.18. The summed E-state index contributed by atoms with van der Waals surface area (Å²) in [5.74, 6) is 0. The molecule has 1 aromatic carbocycles. The van der Waals surface area contributed by atoms with Crippen LogP contribution in [0.4, 0.5) is 0 Å². The number of fused-ring (bicyclic) bond motifs is 1. The maximum atomic E-state index is 6.64. The Kier molecular flexibility index (Phi) is 2.75. The molecule has 0 atom stereocenters. The number of hydrogen-bond donors (Lipinski definition) is 2. The van der Waals surface area contributed by atoms with Gasteiger partial charge in [-0.2, -0.15) is 0 Å². The van der Waals surface area contributed by atoms with Crippen molar-refractivity contribution in [3.63, 3.8) is 0 Å². The molecule has 0 spiro atoms. The lowest BCUT2D eigenvalue weighted by Crippen LogP contribution is -2.38. The van der Waals surface area contributed by atoms with Crippen LogP contribution in [-0.2, 0) is 5.54 Å². The van der Waals surface area contributed by atoms with E-state index in [0.29, 0.717) is 0 Å². The first kappa shape index (κ1) is 11.3. The molecule has 0 radical (unpaired) electrons. The average molecular weight is 293 g/mol. The second kappa shape index (κ2) is 4.14. The van der Waals surface area contributed by atoms with Crippen LogP contribution in [0.2, 0.25) is 0 Å². The van der Waals surface area contributed by atoms with Gasteiger partial charge in [0.25, 0.3) is 0 Å². The summed E-state index contributed by atoms with van der Waals surface area (Å²) >= 11 is 3.62. The fourth-order valence-corrected chi connectivity index (χ4v) is 3.55. The van der Waals surface area contributed by atoms with Crippen LogP contribution in [0.1, 0.15) is 37.7 Å². The maximum absolute atomic E-state index is 6.64. The molecule has 0 aliphatic heterocycles. The molecule has 90 valence electrons. The Morgan fingerprint density at radius 2 is 1.94 bits per heavy atom. The number of nitrogens with one attached hydrogen (secondary N) is 1. The van der Waals surface area contributed by atoms with E-state index in [1.165, 1.54) is 35.7 Å². The highest BCUT2D eigenvalue weighted by atomic mass is 79.9. The summed E-state index contributed by atoms with van der Waals surface area (Å²) in [6.45, 7) is 0. The standard InChI is InChI=1S/C14H17BrN2/c15-11-9-17-12-6-4-5-10(13(11)12)14(16)7-2-1-3-8-14/h4-6,9,17H,1-3,7-8,16H2. The predicted octanol–water partition coefficient (Wildman–Crippen LogP) is 4.05. The third-order valence-corrected chi connectivity index (χ3v) is 4.57. The van der Waals surface area contributed by atoms with Gasteiger partial charge < -0.3 is 10.7 Å². The molecule has 1 fully saturated rings. The van der Waals surface area contributed by atoms with Crippen molar-refractivity contribution in [2.24, 2.45) is 5.73 Å². The monoisotopic (exact) mass is 292 g/mol. The molecule has 1 heterocycles. The van der Waals surface area contributed by atoms with Gasteiger partial charge in [-0.25, -0.2) is 0 Å². The summed E-state index contributed by atoms with van der Waals surface area (Å²) in [4.78, 5) is 3.28. The van der Waals surface area contributed by atoms with E-state index in [1.807, 2.05) is 6.20 Å². The van der Waals surface area contributed by atoms with Crippen LogP contribution >= 0.6 is 15.9 Å². The minimum atomic E-state index is -0.136. The highest BCUT2D eigenvalue weighted by Gasteiger charge is 2.31. The van der Waals surface area contributed by atoms with Crippen LogP contribution in [0, 0.1) is 0 Å². The normalized spacial score (nSPS) is 19.6. The highest BCUT2D eigenvalue weighted by molar-refractivity contribution is 9.10. The zero-order valence-corrected chi connectivity index (χ0v) is 11.4. The van der Waals surface area contributed by atoms with Crippen LogP contribution in [-0.4, -0.2) is 4.98 Å². The third-order valence-electron chi connectivity index (χ3n) is 3.94. The molecule has 1 aliphatic rings. The quantitative estimate of drug-likeness (QED) is 0.818. The molecular weight excluding hydrogens is 276 g/mol. The van der Waals surface area contributed by atoms with Crippen molar-refractivity contribution in [1.82, 2.24) is 4.98 Å². The Morgan fingerprint density at radius 1 is 1.18 bits per heavy atom. The van der Waals surface area contributed by atoms with Crippen LogP contribution in [0.3, 0.4) is 0 Å². The summed E-state index contributed by atoms with van der Waals surface area (Å²) < 4.78 is 1.12. The van der Waals surface area contributed by atoms with Gasteiger partial charge in [-0.05, 0) is 40.4 Å². The first-order valence-corrected chi connectivity index (χ1v) is 7.05. The van der Waals surface area contributed by atoms with Crippen molar-refractivity contribution in [3.05, 3.63) is 34.4 Å². The number of benzene rings is 1. The van der Waals surface area contributed by atoms with E-state index in [2.05, 4.69) is 39.1 Å². The number of aromatic nitrogens is 1. The summed E-state index contributed by atoms with van der Waals surface area (Å²) in [6, 6.07) is 6.39. The summed E-state index contributed by atoms with van der Waals surface area (Å²) in [7, 11) is 0. The van der Waals surface area contributed by atoms with Crippen molar-refractivity contribution in [2.45, 2.75) is 37.6 Å². The molecule has 1 saturated carbocycles. The topological polar surface area (TPSA) is 41.8 Å². The van der Waals surface area contributed by atoms with Gasteiger partial charge in [0.2, 0.25) is 0 Å². The second-order valence-electron chi connectivity index (χ2n) is 5.08. The predicted molar refractivity (Wildman–Crippen MR) is 74.9 cm³/mol. The van der Waals surface area contributed by atoms with Gasteiger partial charge in [-0.3, -0.25) is 0 Å². The molecule has 1 aliphatic carbocycles. The molecule has 1 aromatic heterocycles. The molecule has 0 bridgehead atoms. The summed E-state index contributed by atoms with van der Waals surface area (Å²) in [5, 5.41) is 1.26. The molecule has 2 nitrogen and oxygen atoms in total. The molecule has 3 rings (SSSR count). The fourth-order valence-electron chi connectivity index (χ4n) is 3.01. The molecule has 0 amide bonds. The summed E-state index contributed by atoms with van der Waals surface area (Å²) in [5.41, 5.74) is 8.97. The zero-order chi connectivity index (χ0) is 11.9. The van der Waals surface area contributed by atoms with E-state index in [0.717, 1.165) is 17.3 Å². The lowest BCUT2D eigenvalue weighted by Gasteiger charge is -2.34. The van der Waals surface area contributed by atoms with Crippen molar-refractivity contribution >= 4 is 26.8 Å². The smallest absolute Gasteiger partial charge is 0.0469 e. The summed E-state index contributed by atoms with van der Waals surface area (Å²) in [6.07, 6.45) is 8.01. The van der Waals surface area contributed by atoms with Crippen molar-refractivity contribution in [3.8, 4) is 0 Å². The van der Waals surface area contributed by atoms with E-state index < -0.39 is 0 Å². The highest BCUT2D eigenvalue weighted by Crippen LogP contribution is 2.40. The number of aromatic amines is 1. The minimum absolute atomic E-state index is 0.136. The third kappa shape index (κ3) is 1.81. The van der Waals surface area contributed by atoms with Gasteiger partial charge in [0, 0.05) is 27.1 Å². The van der Waals surface area contributed by atoms with Gasteiger partial charge in [-0.1, -0.05) is 31.4 Å². The molecule has 2 aromatic rings. The van der Waals surface area contributed by atoms with Gasteiger partial charge >= 0.3 is 0 Å². The SMILES string of the molecule is NC1(c2cccc3[nH]cc(Br)c23)CCCCC1. The number of H-pyrrole nitrogens is 1. The molecule has 17 heavy (non-hydrogen) atoms. The number of hydrogen-bond acceptors (Lipinski definition) is 1. The van der Waals surface area contributed by atoms with Crippen LogP contribution in [0.25, 0.3) is 10.9 Å². The van der Waals surface area contributed by atoms with Gasteiger partial charge in [0.15, 0.2) is 0 Å². The Labute approximate surface area is 110 Å². The molecule has 3 N–H and O–H groups in total. The minimum Gasteiger partial charge on any atom is -0.360 e. The van der Waals surface area contributed by atoms with E-state index in [1.54, 1.807) is 0 Å². The van der Waals surface area contributed by atoms with Crippen LogP contribution in [0.15, 0.2) is 28.9 Å². The largest absolute Gasteiger partial charge is 0.360 e. The van der Waals surface area contributed by atoms with Crippen molar-refractivity contribution in [1.29, 1.82) is 0 Å². The fraction of sp³-hybridized carbons (Fsp3) is 0.429. The molecule has 0 saturated heterocycles. The Hall–Kier alpha value is -0.800. The number of nitrogens with two attached hydrogens (primary N) is 1. The van der Waals surface area contributed by atoms with Crippen molar-refractivity contribution < 1.29 is 0 Å². The maximum Gasteiger partial charge on any atom is 0.0469 e. The van der Waals surface area contributed by atoms with Crippen LogP contribution < -0.4 is 5.73 Å². The molecular formula is C14H17BrN2. The first-order valence-electron chi connectivity index (χ1n) is 6.26. The van der Waals surface area contributed by atoms with Gasteiger partial charge in [0.1, 0.15) is 0 Å². The van der Waals surface area contributed by atoms with Crippen molar-refractivity contribution in [2.75, 3.05) is 0 Å². The van der Waals surface area contributed by atoms with E-state index >= 15 is 0 Å². The van der Waals surface area contributed by atoms with E-state index in [4.69, 9.17) is 5.73 Å². The van der Waals surface area contributed by atoms with E-state index in [9.17, 15) is 0 Å². The first-order chi connectivity index (χ1) is 8.21. The van der Waals surface area contributed by atoms with Crippen LogP contribution in [0.5, 0.6) is 0 Å². The van der Waals surface area contributed by atoms with Gasteiger partial charge in [-0.15, -0.1) is 0 Å². The lowest BCUT2D eigenvalue weighted by molar-refractivity contribution is 0.304.